The standard InChI is InChI=1S/C13H22N2O3/c1-4-11(10-18-3)14-12-5-6-13(16)15(9-12)7-8-17-2/h5-6,9,11,14H,4,7-8,10H2,1-3H3. The molecule has 0 amide bonds. The van der Waals surface area contributed by atoms with Gasteiger partial charge in [0, 0.05) is 39.1 Å². The summed E-state index contributed by atoms with van der Waals surface area (Å²) in [5, 5.41) is 3.35. The number of nitrogens with zero attached hydrogens (tertiary/aromatic N) is 1. The van der Waals surface area contributed by atoms with Gasteiger partial charge < -0.3 is 19.4 Å². The molecule has 1 rings (SSSR count). The van der Waals surface area contributed by atoms with E-state index >= 15 is 0 Å². The molecule has 5 nitrogen and oxygen atoms in total. The monoisotopic (exact) mass is 254 g/mol. The molecular formula is C13H22N2O3. The van der Waals surface area contributed by atoms with Gasteiger partial charge >= 0.3 is 0 Å². The van der Waals surface area contributed by atoms with Crippen LogP contribution in [-0.2, 0) is 16.0 Å². The average molecular weight is 254 g/mol. The second-order valence-corrected chi connectivity index (χ2v) is 4.15. The summed E-state index contributed by atoms with van der Waals surface area (Å²) in [5.41, 5.74) is 0.909. The van der Waals surface area contributed by atoms with Crippen molar-refractivity contribution in [3.63, 3.8) is 0 Å². The van der Waals surface area contributed by atoms with Crippen LogP contribution in [0.3, 0.4) is 0 Å². The van der Waals surface area contributed by atoms with Crippen molar-refractivity contribution in [1.82, 2.24) is 4.57 Å². The van der Waals surface area contributed by atoms with Crippen molar-refractivity contribution in [2.75, 3.05) is 32.8 Å². The zero-order chi connectivity index (χ0) is 13.4. The van der Waals surface area contributed by atoms with Crippen LogP contribution >= 0.6 is 0 Å². The smallest absolute Gasteiger partial charge is 0.250 e. The van der Waals surface area contributed by atoms with E-state index in [-0.39, 0.29) is 11.6 Å². The Kier molecular flexibility index (Phi) is 6.46. The van der Waals surface area contributed by atoms with E-state index < -0.39 is 0 Å². The van der Waals surface area contributed by atoms with Gasteiger partial charge in [-0.15, -0.1) is 0 Å². The Hall–Kier alpha value is -1.33. The highest BCUT2D eigenvalue weighted by Crippen LogP contribution is 2.07. The normalized spacial score (nSPS) is 12.4. The lowest BCUT2D eigenvalue weighted by Crippen LogP contribution is -2.26. The lowest BCUT2D eigenvalue weighted by atomic mass is 10.2. The van der Waals surface area contributed by atoms with E-state index in [0.29, 0.717) is 19.8 Å². The van der Waals surface area contributed by atoms with Crippen LogP contribution in [0.1, 0.15) is 13.3 Å². The molecule has 0 radical (unpaired) electrons. The molecule has 1 aromatic rings. The molecular weight excluding hydrogens is 232 g/mol. The fraction of sp³-hybridized carbons (Fsp3) is 0.615. The van der Waals surface area contributed by atoms with Crippen LogP contribution in [0.2, 0.25) is 0 Å². The fourth-order valence-electron chi connectivity index (χ4n) is 1.68. The first kappa shape index (κ1) is 14.7. The third-order valence-corrected chi connectivity index (χ3v) is 2.75. The van der Waals surface area contributed by atoms with E-state index in [0.717, 1.165) is 12.1 Å². The van der Waals surface area contributed by atoms with Gasteiger partial charge in [-0.25, -0.2) is 0 Å². The van der Waals surface area contributed by atoms with E-state index in [1.165, 1.54) is 0 Å². The van der Waals surface area contributed by atoms with Crippen molar-refractivity contribution < 1.29 is 9.47 Å². The Morgan fingerprint density at radius 1 is 1.33 bits per heavy atom. The van der Waals surface area contributed by atoms with Crippen LogP contribution in [-0.4, -0.2) is 38.0 Å². The van der Waals surface area contributed by atoms with Gasteiger partial charge in [0.1, 0.15) is 0 Å². The highest BCUT2D eigenvalue weighted by molar-refractivity contribution is 5.41. The van der Waals surface area contributed by atoms with E-state index in [1.54, 1.807) is 30.9 Å². The van der Waals surface area contributed by atoms with Gasteiger partial charge in [-0.1, -0.05) is 6.92 Å². The summed E-state index contributed by atoms with van der Waals surface area (Å²) < 4.78 is 11.8. The molecule has 0 saturated heterocycles. The summed E-state index contributed by atoms with van der Waals surface area (Å²) in [6.07, 6.45) is 2.78. The highest BCUT2D eigenvalue weighted by atomic mass is 16.5. The molecule has 1 N–H and O–H groups in total. The Bertz CT molecular complexity index is 403. The van der Waals surface area contributed by atoms with Crippen molar-refractivity contribution in [3.05, 3.63) is 28.7 Å². The van der Waals surface area contributed by atoms with Crippen LogP contribution < -0.4 is 10.9 Å². The molecule has 18 heavy (non-hydrogen) atoms. The summed E-state index contributed by atoms with van der Waals surface area (Å²) in [6, 6.07) is 3.62. The molecule has 0 spiro atoms. The molecule has 102 valence electrons. The number of aromatic nitrogens is 1. The summed E-state index contributed by atoms with van der Waals surface area (Å²) in [6.45, 7) is 3.83. The molecule has 0 bridgehead atoms. The fourth-order valence-corrected chi connectivity index (χ4v) is 1.68. The summed E-state index contributed by atoms with van der Waals surface area (Å²) >= 11 is 0. The number of anilines is 1. The molecule has 0 saturated carbocycles. The van der Waals surface area contributed by atoms with Crippen molar-refractivity contribution in [1.29, 1.82) is 0 Å². The first-order valence-corrected chi connectivity index (χ1v) is 6.16. The van der Waals surface area contributed by atoms with Gasteiger partial charge in [0.25, 0.3) is 5.56 Å². The molecule has 1 unspecified atom stereocenters. The topological polar surface area (TPSA) is 52.5 Å². The second-order valence-electron chi connectivity index (χ2n) is 4.15. The van der Waals surface area contributed by atoms with Gasteiger partial charge in [-0.05, 0) is 12.5 Å². The van der Waals surface area contributed by atoms with Crippen molar-refractivity contribution in [2.24, 2.45) is 0 Å². The van der Waals surface area contributed by atoms with Gasteiger partial charge in [0.15, 0.2) is 0 Å². The molecule has 0 aliphatic heterocycles. The first-order chi connectivity index (χ1) is 8.71. The highest BCUT2D eigenvalue weighted by Gasteiger charge is 2.06. The molecule has 1 heterocycles. The van der Waals surface area contributed by atoms with Crippen molar-refractivity contribution in [2.45, 2.75) is 25.9 Å². The summed E-state index contributed by atoms with van der Waals surface area (Å²) in [7, 11) is 3.31. The van der Waals surface area contributed by atoms with Gasteiger partial charge in [-0.3, -0.25) is 4.79 Å². The maximum absolute atomic E-state index is 11.6. The summed E-state index contributed by atoms with van der Waals surface area (Å²) in [5.74, 6) is 0. The van der Waals surface area contributed by atoms with Gasteiger partial charge in [0.05, 0.1) is 18.9 Å². The minimum atomic E-state index is -0.0163. The predicted octanol–water partition coefficient (Wildman–Crippen LogP) is 1.33. The average Bonchev–Trinajstić information content (AvgIpc) is 2.38. The van der Waals surface area contributed by atoms with Gasteiger partial charge in [-0.2, -0.15) is 0 Å². The number of hydrogen-bond donors (Lipinski definition) is 1. The predicted molar refractivity (Wildman–Crippen MR) is 72.2 cm³/mol. The largest absolute Gasteiger partial charge is 0.383 e. The number of rotatable bonds is 8. The molecule has 1 aromatic heterocycles. The maximum Gasteiger partial charge on any atom is 0.250 e. The molecule has 0 aliphatic carbocycles. The summed E-state index contributed by atoms with van der Waals surface area (Å²) in [4.78, 5) is 11.6. The minimum absolute atomic E-state index is 0.0163. The first-order valence-electron chi connectivity index (χ1n) is 6.16. The number of methoxy groups -OCH3 is 2. The SMILES string of the molecule is CCC(COC)Nc1ccc(=O)n(CCOC)c1. The van der Waals surface area contributed by atoms with Gasteiger partial charge in [0.2, 0.25) is 0 Å². The molecule has 1 atom stereocenters. The zero-order valence-electron chi connectivity index (χ0n) is 11.3. The third kappa shape index (κ3) is 4.50. The zero-order valence-corrected chi connectivity index (χ0v) is 11.3. The number of hydrogen-bond acceptors (Lipinski definition) is 4. The van der Waals surface area contributed by atoms with E-state index in [9.17, 15) is 4.79 Å². The Labute approximate surface area is 108 Å². The van der Waals surface area contributed by atoms with E-state index in [1.807, 2.05) is 6.20 Å². The molecule has 0 aromatic carbocycles. The van der Waals surface area contributed by atoms with Crippen LogP contribution in [0.15, 0.2) is 23.1 Å². The van der Waals surface area contributed by atoms with Crippen LogP contribution in [0, 0.1) is 0 Å². The quantitative estimate of drug-likeness (QED) is 0.760. The molecule has 0 aliphatic rings. The second kappa shape index (κ2) is 7.89. The third-order valence-electron chi connectivity index (χ3n) is 2.75. The lowest BCUT2D eigenvalue weighted by molar-refractivity contribution is 0.184. The van der Waals surface area contributed by atoms with Crippen LogP contribution in [0.25, 0.3) is 0 Å². The van der Waals surface area contributed by atoms with Crippen molar-refractivity contribution >= 4 is 5.69 Å². The Morgan fingerprint density at radius 3 is 2.72 bits per heavy atom. The van der Waals surface area contributed by atoms with Crippen LogP contribution in [0.4, 0.5) is 5.69 Å². The number of nitrogens with one attached hydrogen (secondary N) is 1. The lowest BCUT2D eigenvalue weighted by Gasteiger charge is -2.18. The minimum Gasteiger partial charge on any atom is -0.383 e. The molecule has 0 fully saturated rings. The van der Waals surface area contributed by atoms with E-state index in [4.69, 9.17) is 9.47 Å². The Balaban J connectivity index is 2.74. The number of pyridine rings is 1. The maximum atomic E-state index is 11.6. The van der Waals surface area contributed by atoms with Crippen LogP contribution in [0.5, 0.6) is 0 Å². The van der Waals surface area contributed by atoms with E-state index in [2.05, 4.69) is 12.2 Å². The molecule has 5 heteroatoms. The van der Waals surface area contributed by atoms with Crippen molar-refractivity contribution in [3.8, 4) is 0 Å². The number of ether oxygens (including phenoxy) is 2. The Morgan fingerprint density at radius 2 is 2.11 bits per heavy atom.